The maximum Gasteiger partial charge on any atom is 0.235 e. The van der Waals surface area contributed by atoms with Gasteiger partial charge in [0.05, 0.1) is 12.6 Å². The number of hydrogen-bond donors (Lipinski definition) is 1. The maximum atomic E-state index is 12.5. The molecule has 7 nitrogen and oxygen atoms in total. The molecule has 0 bridgehead atoms. The molecule has 4 aliphatic heterocycles. The molecular weight excluding hydrogens is 326 g/mol. The van der Waals surface area contributed by atoms with E-state index >= 15 is 0 Å². The first kappa shape index (κ1) is 15.7. The summed E-state index contributed by atoms with van der Waals surface area (Å²) in [6.07, 6.45) is -2.70. The van der Waals surface area contributed by atoms with Crippen LogP contribution >= 0.6 is 0 Å². The lowest BCUT2D eigenvalue weighted by Crippen LogP contribution is -2.70. The predicted molar refractivity (Wildman–Crippen MR) is 84.0 cm³/mol. The van der Waals surface area contributed by atoms with Crippen LogP contribution in [0.1, 0.15) is 25.5 Å². The number of carbonyl (C=O) groups is 1. The fraction of sp³-hybridized carbons (Fsp3) is 0.611. The number of carbonyl (C=O) groups excluding carboxylic acids is 1. The standard InChI is InChI=1S/C18H21NO6/c1-18(2)24-14-13-10(22-17(14)25-18)8-19-15(21)11(16(19)23-13)12(20)9-6-4-3-5-7-9/h3-7,10-14,16-17,20H,8H2,1-2H3/t10-,11+,12?,13+,14-,16-,17-/m1/s1. The van der Waals surface area contributed by atoms with E-state index in [4.69, 9.17) is 18.9 Å². The molecular formula is C18H21NO6. The lowest BCUT2D eigenvalue weighted by molar-refractivity contribution is -0.279. The number of benzene rings is 1. The molecule has 7 atom stereocenters. The van der Waals surface area contributed by atoms with Gasteiger partial charge in [0.1, 0.15) is 30.5 Å². The maximum absolute atomic E-state index is 12.5. The van der Waals surface area contributed by atoms with Crippen molar-refractivity contribution in [3.63, 3.8) is 0 Å². The van der Waals surface area contributed by atoms with Crippen LogP contribution in [-0.2, 0) is 23.7 Å². The zero-order valence-electron chi connectivity index (χ0n) is 14.1. The largest absolute Gasteiger partial charge is 0.387 e. The minimum atomic E-state index is -0.887. The molecule has 4 saturated heterocycles. The molecule has 7 heteroatoms. The minimum Gasteiger partial charge on any atom is -0.387 e. The van der Waals surface area contributed by atoms with Crippen LogP contribution < -0.4 is 0 Å². The Kier molecular flexibility index (Phi) is 3.30. The molecule has 4 heterocycles. The molecule has 5 rings (SSSR count). The molecule has 4 fully saturated rings. The molecule has 0 spiro atoms. The highest BCUT2D eigenvalue weighted by atomic mass is 16.8. The third-order valence-corrected chi connectivity index (χ3v) is 5.42. The summed E-state index contributed by atoms with van der Waals surface area (Å²) in [5.41, 5.74) is 0.716. The fourth-order valence-corrected chi connectivity index (χ4v) is 4.26. The van der Waals surface area contributed by atoms with Gasteiger partial charge >= 0.3 is 0 Å². The quantitative estimate of drug-likeness (QED) is 0.797. The van der Waals surface area contributed by atoms with Crippen molar-refractivity contribution in [2.24, 2.45) is 5.92 Å². The van der Waals surface area contributed by atoms with Gasteiger partial charge in [0.15, 0.2) is 12.1 Å². The second-order valence-corrected chi connectivity index (χ2v) is 7.51. The molecule has 1 amide bonds. The Morgan fingerprint density at radius 3 is 2.68 bits per heavy atom. The summed E-state index contributed by atoms with van der Waals surface area (Å²) in [6, 6.07) is 9.20. The van der Waals surface area contributed by atoms with Crippen LogP contribution in [0.3, 0.4) is 0 Å². The molecule has 1 unspecified atom stereocenters. The predicted octanol–water partition coefficient (Wildman–Crippen LogP) is 0.780. The van der Waals surface area contributed by atoms with Gasteiger partial charge in [-0.15, -0.1) is 0 Å². The zero-order chi connectivity index (χ0) is 17.3. The van der Waals surface area contributed by atoms with E-state index in [9.17, 15) is 9.90 Å². The van der Waals surface area contributed by atoms with Crippen molar-refractivity contribution in [2.45, 2.75) is 56.6 Å². The number of hydrogen-bond acceptors (Lipinski definition) is 6. The average Bonchev–Trinajstić information content (AvgIpc) is 3.06. The SMILES string of the molecule is CC1(C)O[C@H]2O[C@@H]3CN4C(=O)[C@H](C(O)c5ccccc5)[C@H]4O[C@@H]3[C@H]2O1. The lowest BCUT2D eigenvalue weighted by atomic mass is 9.84. The fourth-order valence-electron chi connectivity index (χ4n) is 4.26. The number of β-lactam (4-membered cyclic amide) rings is 1. The summed E-state index contributed by atoms with van der Waals surface area (Å²) in [6.45, 7) is 4.12. The number of aliphatic hydroxyl groups is 1. The Morgan fingerprint density at radius 1 is 1.16 bits per heavy atom. The molecule has 0 radical (unpaired) electrons. The average molecular weight is 347 g/mol. The summed E-state index contributed by atoms with van der Waals surface area (Å²) < 4.78 is 23.7. The van der Waals surface area contributed by atoms with Crippen LogP contribution in [0, 0.1) is 5.92 Å². The van der Waals surface area contributed by atoms with E-state index in [1.54, 1.807) is 4.90 Å². The molecule has 4 aliphatic rings. The molecule has 0 saturated carbocycles. The number of ether oxygens (including phenoxy) is 4. The number of nitrogens with zero attached hydrogens (tertiary/aromatic N) is 1. The van der Waals surface area contributed by atoms with E-state index in [-0.39, 0.29) is 24.2 Å². The molecule has 1 N–H and O–H groups in total. The Bertz CT molecular complexity index is 694. The monoisotopic (exact) mass is 347 g/mol. The smallest absolute Gasteiger partial charge is 0.235 e. The second kappa shape index (κ2) is 5.25. The van der Waals surface area contributed by atoms with E-state index in [2.05, 4.69) is 0 Å². The Balaban J connectivity index is 1.36. The van der Waals surface area contributed by atoms with E-state index < -0.39 is 30.3 Å². The highest BCUT2D eigenvalue weighted by Crippen LogP contribution is 2.47. The normalized spacial score (nSPS) is 42.4. The van der Waals surface area contributed by atoms with Gasteiger partial charge in [0, 0.05) is 0 Å². The van der Waals surface area contributed by atoms with Gasteiger partial charge in [-0.25, -0.2) is 0 Å². The highest BCUT2D eigenvalue weighted by molar-refractivity contribution is 5.86. The Hall–Kier alpha value is -1.51. The van der Waals surface area contributed by atoms with Gasteiger partial charge in [-0.1, -0.05) is 30.3 Å². The molecule has 134 valence electrons. The van der Waals surface area contributed by atoms with Gasteiger partial charge in [-0.2, -0.15) is 0 Å². The van der Waals surface area contributed by atoms with Crippen LogP contribution in [0.2, 0.25) is 0 Å². The van der Waals surface area contributed by atoms with E-state index in [1.807, 2.05) is 44.2 Å². The summed E-state index contributed by atoms with van der Waals surface area (Å²) >= 11 is 0. The molecule has 0 aromatic heterocycles. The second-order valence-electron chi connectivity index (χ2n) is 7.51. The van der Waals surface area contributed by atoms with Crippen LogP contribution in [0.15, 0.2) is 30.3 Å². The molecule has 0 aliphatic carbocycles. The van der Waals surface area contributed by atoms with Crippen molar-refractivity contribution in [1.29, 1.82) is 0 Å². The van der Waals surface area contributed by atoms with Gasteiger partial charge in [-0.05, 0) is 19.4 Å². The Labute approximate surface area is 145 Å². The number of aliphatic hydroxyl groups excluding tert-OH is 1. The first-order chi connectivity index (χ1) is 11.9. The van der Waals surface area contributed by atoms with Crippen molar-refractivity contribution in [3.8, 4) is 0 Å². The number of rotatable bonds is 2. The van der Waals surface area contributed by atoms with Crippen LogP contribution in [0.25, 0.3) is 0 Å². The first-order valence-electron chi connectivity index (χ1n) is 8.65. The van der Waals surface area contributed by atoms with E-state index in [0.29, 0.717) is 12.1 Å². The van der Waals surface area contributed by atoms with Crippen LogP contribution in [0.4, 0.5) is 0 Å². The molecule has 1 aromatic rings. The van der Waals surface area contributed by atoms with Gasteiger partial charge in [-0.3, -0.25) is 4.79 Å². The third-order valence-electron chi connectivity index (χ3n) is 5.42. The van der Waals surface area contributed by atoms with Crippen molar-refractivity contribution >= 4 is 5.91 Å². The number of fused-ring (bicyclic) bond motifs is 4. The first-order valence-corrected chi connectivity index (χ1v) is 8.65. The van der Waals surface area contributed by atoms with Gasteiger partial charge in [0.25, 0.3) is 0 Å². The van der Waals surface area contributed by atoms with Crippen molar-refractivity contribution in [2.75, 3.05) is 6.54 Å². The van der Waals surface area contributed by atoms with Gasteiger partial charge < -0.3 is 29.0 Å². The Morgan fingerprint density at radius 2 is 1.92 bits per heavy atom. The van der Waals surface area contributed by atoms with Crippen LogP contribution in [0.5, 0.6) is 0 Å². The summed E-state index contributed by atoms with van der Waals surface area (Å²) in [5, 5.41) is 10.6. The van der Waals surface area contributed by atoms with Crippen molar-refractivity contribution < 1.29 is 28.8 Å². The summed E-state index contributed by atoms with van der Waals surface area (Å²) in [4.78, 5) is 14.1. The van der Waals surface area contributed by atoms with E-state index in [1.165, 1.54) is 0 Å². The molecule has 1 aromatic carbocycles. The third kappa shape index (κ3) is 2.27. The van der Waals surface area contributed by atoms with Crippen LogP contribution in [-0.4, -0.2) is 59.1 Å². The minimum absolute atomic E-state index is 0.109. The van der Waals surface area contributed by atoms with Gasteiger partial charge in [0.2, 0.25) is 5.91 Å². The lowest BCUT2D eigenvalue weighted by Gasteiger charge is -2.53. The van der Waals surface area contributed by atoms with Crippen molar-refractivity contribution in [1.82, 2.24) is 4.90 Å². The highest BCUT2D eigenvalue weighted by Gasteiger charge is 2.64. The summed E-state index contributed by atoms with van der Waals surface area (Å²) in [5.74, 6) is -1.42. The number of amides is 1. The zero-order valence-corrected chi connectivity index (χ0v) is 14.1. The topological polar surface area (TPSA) is 77.5 Å². The molecule has 25 heavy (non-hydrogen) atoms. The van der Waals surface area contributed by atoms with Crippen molar-refractivity contribution in [3.05, 3.63) is 35.9 Å². The van der Waals surface area contributed by atoms with E-state index in [0.717, 1.165) is 0 Å². The summed E-state index contributed by atoms with van der Waals surface area (Å²) in [7, 11) is 0.